The highest BCUT2D eigenvalue weighted by atomic mass is 16.2. The molecule has 92 valence electrons. The van der Waals surface area contributed by atoms with Crippen molar-refractivity contribution in [2.75, 3.05) is 13.1 Å². The molecule has 3 heteroatoms. The van der Waals surface area contributed by atoms with E-state index in [1.807, 2.05) is 35.2 Å². The number of hydrogen-bond acceptors (Lipinski definition) is 2. The Labute approximate surface area is 103 Å². The van der Waals surface area contributed by atoms with Crippen LogP contribution in [-0.2, 0) is 11.2 Å². The maximum absolute atomic E-state index is 12.2. The molecule has 1 saturated carbocycles. The van der Waals surface area contributed by atoms with Gasteiger partial charge in [0.25, 0.3) is 0 Å². The van der Waals surface area contributed by atoms with Gasteiger partial charge in [-0.15, -0.1) is 0 Å². The van der Waals surface area contributed by atoms with E-state index in [-0.39, 0.29) is 5.91 Å². The fourth-order valence-corrected chi connectivity index (χ4v) is 2.03. The zero-order chi connectivity index (χ0) is 12.1. The summed E-state index contributed by atoms with van der Waals surface area (Å²) in [7, 11) is 0. The van der Waals surface area contributed by atoms with Gasteiger partial charge in [0.15, 0.2) is 0 Å². The van der Waals surface area contributed by atoms with Gasteiger partial charge in [-0.05, 0) is 31.4 Å². The van der Waals surface area contributed by atoms with E-state index in [2.05, 4.69) is 0 Å². The molecule has 0 aromatic heterocycles. The number of amides is 1. The summed E-state index contributed by atoms with van der Waals surface area (Å²) < 4.78 is 0. The van der Waals surface area contributed by atoms with Crippen molar-refractivity contribution in [1.29, 1.82) is 0 Å². The molecule has 0 saturated heterocycles. The van der Waals surface area contributed by atoms with Crippen LogP contribution in [0.15, 0.2) is 30.3 Å². The van der Waals surface area contributed by atoms with E-state index >= 15 is 0 Å². The van der Waals surface area contributed by atoms with Crippen LogP contribution >= 0.6 is 0 Å². The third-order valence-corrected chi connectivity index (χ3v) is 3.11. The number of nitrogens with two attached hydrogens (primary N) is 1. The molecule has 1 fully saturated rings. The predicted molar refractivity (Wildman–Crippen MR) is 68.6 cm³/mol. The van der Waals surface area contributed by atoms with E-state index in [1.54, 1.807) is 0 Å². The summed E-state index contributed by atoms with van der Waals surface area (Å²) in [6, 6.07) is 10.4. The second kappa shape index (κ2) is 5.82. The molecular formula is C14H20N2O. The maximum atomic E-state index is 12.2. The number of hydrogen-bond donors (Lipinski definition) is 1. The first kappa shape index (κ1) is 12.1. The normalized spacial score (nSPS) is 14.6. The molecule has 1 aromatic rings. The van der Waals surface area contributed by atoms with E-state index in [0.717, 1.165) is 31.4 Å². The Kier molecular flexibility index (Phi) is 4.15. The molecule has 0 bridgehead atoms. The summed E-state index contributed by atoms with van der Waals surface area (Å²) in [5, 5.41) is 0. The minimum atomic E-state index is 0.243. The highest BCUT2D eigenvalue weighted by Gasteiger charge is 2.31. The van der Waals surface area contributed by atoms with Crippen molar-refractivity contribution >= 4 is 5.91 Å². The molecule has 1 aliphatic rings. The molecule has 0 aliphatic heterocycles. The number of carbonyl (C=O) groups excluding carboxylic acids is 1. The van der Waals surface area contributed by atoms with Gasteiger partial charge in [-0.2, -0.15) is 0 Å². The highest BCUT2D eigenvalue weighted by molar-refractivity contribution is 5.79. The largest absolute Gasteiger partial charge is 0.339 e. The van der Waals surface area contributed by atoms with Gasteiger partial charge < -0.3 is 10.6 Å². The molecule has 2 rings (SSSR count). The second-order valence-corrected chi connectivity index (χ2v) is 4.62. The van der Waals surface area contributed by atoms with Crippen molar-refractivity contribution in [1.82, 2.24) is 4.90 Å². The lowest BCUT2D eigenvalue weighted by Gasteiger charge is -2.22. The molecule has 1 aliphatic carbocycles. The fraction of sp³-hybridized carbons (Fsp3) is 0.500. The number of rotatable bonds is 6. The molecular weight excluding hydrogens is 212 g/mol. The molecule has 0 unspecified atom stereocenters. The van der Waals surface area contributed by atoms with Crippen LogP contribution in [0.1, 0.15) is 24.8 Å². The quantitative estimate of drug-likeness (QED) is 0.809. The van der Waals surface area contributed by atoms with Crippen molar-refractivity contribution in [3.63, 3.8) is 0 Å². The van der Waals surface area contributed by atoms with Crippen LogP contribution in [0.2, 0.25) is 0 Å². The average molecular weight is 232 g/mol. The lowest BCUT2D eigenvalue weighted by molar-refractivity contribution is -0.131. The predicted octanol–water partition coefficient (Wildman–Crippen LogP) is 1.57. The Morgan fingerprint density at radius 2 is 2.00 bits per heavy atom. The van der Waals surface area contributed by atoms with Crippen molar-refractivity contribution in [3.05, 3.63) is 35.9 Å². The van der Waals surface area contributed by atoms with E-state index in [4.69, 9.17) is 5.73 Å². The van der Waals surface area contributed by atoms with Crippen LogP contribution in [0, 0.1) is 0 Å². The Morgan fingerprint density at radius 3 is 2.59 bits per heavy atom. The van der Waals surface area contributed by atoms with Crippen molar-refractivity contribution in [2.24, 2.45) is 5.73 Å². The standard InChI is InChI=1S/C14H20N2O/c15-9-4-10-16(13-7-8-13)14(17)11-12-5-2-1-3-6-12/h1-3,5-6,13H,4,7-11,15H2. The summed E-state index contributed by atoms with van der Waals surface area (Å²) in [6.45, 7) is 1.47. The van der Waals surface area contributed by atoms with Gasteiger partial charge in [0.1, 0.15) is 0 Å². The summed E-state index contributed by atoms with van der Waals surface area (Å²) in [5.74, 6) is 0.243. The molecule has 1 amide bonds. The second-order valence-electron chi connectivity index (χ2n) is 4.62. The molecule has 3 nitrogen and oxygen atoms in total. The highest BCUT2D eigenvalue weighted by Crippen LogP contribution is 2.27. The Bertz CT molecular complexity index is 360. The van der Waals surface area contributed by atoms with Crippen LogP contribution < -0.4 is 5.73 Å². The zero-order valence-electron chi connectivity index (χ0n) is 10.1. The van der Waals surface area contributed by atoms with Crippen molar-refractivity contribution < 1.29 is 4.79 Å². The van der Waals surface area contributed by atoms with Gasteiger partial charge in [0, 0.05) is 12.6 Å². The summed E-state index contributed by atoms with van der Waals surface area (Å²) >= 11 is 0. The van der Waals surface area contributed by atoms with Crippen LogP contribution in [-0.4, -0.2) is 29.9 Å². The molecule has 0 radical (unpaired) electrons. The maximum Gasteiger partial charge on any atom is 0.227 e. The summed E-state index contributed by atoms with van der Waals surface area (Å²) in [5.41, 5.74) is 6.61. The fourth-order valence-electron chi connectivity index (χ4n) is 2.03. The molecule has 0 atom stereocenters. The van der Waals surface area contributed by atoms with Crippen LogP contribution in [0.3, 0.4) is 0 Å². The Morgan fingerprint density at radius 1 is 1.29 bits per heavy atom. The molecule has 1 aromatic carbocycles. The van der Waals surface area contributed by atoms with Crippen LogP contribution in [0.5, 0.6) is 0 Å². The number of benzene rings is 1. The van der Waals surface area contributed by atoms with Gasteiger partial charge in [0.2, 0.25) is 5.91 Å². The molecule has 2 N–H and O–H groups in total. The van der Waals surface area contributed by atoms with Gasteiger partial charge in [-0.3, -0.25) is 4.79 Å². The molecule has 17 heavy (non-hydrogen) atoms. The van der Waals surface area contributed by atoms with Gasteiger partial charge in [-0.1, -0.05) is 30.3 Å². The summed E-state index contributed by atoms with van der Waals surface area (Å²) in [4.78, 5) is 14.2. The third-order valence-electron chi connectivity index (χ3n) is 3.11. The minimum absolute atomic E-state index is 0.243. The van der Waals surface area contributed by atoms with Crippen molar-refractivity contribution in [2.45, 2.75) is 31.7 Å². The van der Waals surface area contributed by atoms with Gasteiger partial charge >= 0.3 is 0 Å². The third kappa shape index (κ3) is 3.56. The topological polar surface area (TPSA) is 46.3 Å². The zero-order valence-corrected chi connectivity index (χ0v) is 10.1. The summed E-state index contributed by atoms with van der Waals surface area (Å²) in [6.07, 6.45) is 3.73. The Hall–Kier alpha value is -1.35. The van der Waals surface area contributed by atoms with E-state index in [0.29, 0.717) is 19.0 Å². The first-order valence-corrected chi connectivity index (χ1v) is 6.34. The van der Waals surface area contributed by atoms with E-state index < -0.39 is 0 Å². The lowest BCUT2D eigenvalue weighted by atomic mass is 10.1. The smallest absolute Gasteiger partial charge is 0.227 e. The first-order chi connectivity index (χ1) is 8.31. The minimum Gasteiger partial charge on any atom is -0.339 e. The number of carbonyl (C=O) groups is 1. The van der Waals surface area contributed by atoms with Crippen molar-refractivity contribution in [3.8, 4) is 0 Å². The monoisotopic (exact) mass is 232 g/mol. The molecule has 0 heterocycles. The van der Waals surface area contributed by atoms with Crippen LogP contribution in [0.25, 0.3) is 0 Å². The average Bonchev–Trinajstić information content (AvgIpc) is 3.15. The Balaban J connectivity index is 1.92. The van der Waals surface area contributed by atoms with E-state index in [1.165, 1.54) is 0 Å². The van der Waals surface area contributed by atoms with E-state index in [9.17, 15) is 4.79 Å². The van der Waals surface area contributed by atoms with Crippen LogP contribution in [0.4, 0.5) is 0 Å². The number of nitrogens with zero attached hydrogens (tertiary/aromatic N) is 1. The first-order valence-electron chi connectivity index (χ1n) is 6.34. The SMILES string of the molecule is NCCCN(C(=O)Cc1ccccc1)C1CC1. The molecule has 0 spiro atoms. The van der Waals surface area contributed by atoms with Gasteiger partial charge in [-0.25, -0.2) is 0 Å². The lowest BCUT2D eigenvalue weighted by Crippen LogP contribution is -2.36. The van der Waals surface area contributed by atoms with Gasteiger partial charge in [0.05, 0.1) is 6.42 Å².